The van der Waals surface area contributed by atoms with Crippen molar-refractivity contribution in [2.45, 2.75) is 43.9 Å². The number of sulfonamides is 1. The molecule has 0 heterocycles. The van der Waals surface area contributed by atoms with Crippen molar-refractivity contribution in [1.82, 2.24) is 4.72 Å². The summed E-state index contributed by atoms with van der Waals surface area (Å²) in [5, 5.41) is 8.78. The van der Waals surface area contributed by atoms with Crippen LogP contribution >= 0.6 is 0 Å². The van der Waals surface area contributed by atoms with E-state index in [2.05, 4.69) is 4.72 Å². The first-order valence-corrected chi connectivity index (χ1v) is 8.73. The summed E-state index contributed by atoms with van der Waals surface area (Å²) in [7, 11) is -3.56. The van der Waals surface area contributed by atoms with Crippen molar-refractivity contribution >= 4 is 16.0 Å². The van der Waals surface area contributed by atoms with E-state index in [0.29, 0.717) is 0 Å². The fraction of sp³-hybridized carbons (Fsp3) is 0.533. The number of carboxylic acids is 1. The average Bonchev–Trinajstić information content (AvgIpc) is 2.46. The van der Waals surface area contributed by atoms with Crippen LogP contribution in [0, 0.1) is 5.92 Å². The number of aryl methyl sites for hydroxylation is 2. The fourth-order valence-corrected chi connectivity index (χ4v) is 3.59. The molecule has 2 N–H and O–H groups in total. The molecule has 0 aromatic heterocycles. The predicted molar refractivity (Wildman–Crippen MR) is 79.7 cm³/mol. The number of hydrogen-bond donors (Lipinski definition) is 2. The average molecular weight is 311 g/mol. The standard InChI is InChI=1S/C15H21NO4S/c1-11(15(17)18)8-9-16-21(19,20)14-7-6-12-4-2-3-5-13(12)10-14/h6-7,10-11,16H,2-5,8-9H2,1H3,(H,17,18). The molecule has 0 radical (unpaired) electrons. The molecule has 0 saturated carbocycles. The second-order valence-corrected chi connectivity index (χ2v) is 7.33. The molecule has 6 heteroatoms. The molecule has 1 unspecified atom stereocenters. The second kappa shape index (κ2) is 6.58. The molecule has 0 fully saturated rings. The van der Waals surface area contributed by atoms with Gasteiger partial charge in [-0.2, -0.15) is 0 Å². The van der Waals surface area contributed by atoms with E-state index in [9.17, 15) is 13.2 Å². The van der Waals surface area contributed by atoms with Gasteiger partial charge in [-0.15, -0.1) is 0 Å². The van der Waals surface area contributed by atoms with Crippen molar-refractivity contribution in [3.63, 3.8) is 0 Å². The largest absolute Gasteiger partial charge is 0.481 e. The third kappa shape index (κ3) is 4.04. The Morgan fingerprint density at radius 2 is 1.95 bits per heavy atom. The van der Waals surface area contributed by atoms with Crippen LogP contribution in [0.15, 0.2) is 23.1 Å². The van der Waals surface area contributed by atoms with Crippen molar-refractivity contribution in [2.24, 2.45) is 5.92 Å². The predicted octanol–water partition coefficient (Wildman–Crippen LogP) is 1.95. The maximum Gasteiger partial charge on any atom is 0.306 e. The summed E-state index contributed by atoms with van der Waals surface area (Å²) < 4.78 is 26.9. The van der Waals surface area contributed by atoms with E-state index < -0.39 is 21.9 Å². The minimum Gasteiger partial charge on any atom is -0.481 e. The summed E-state index contributed by atoms with van der Waals surface area (Å²) >= 11 is 0. The third-order valence-electron chi connectivity index (χ3n) is 3.92. The molecule has 5 nitrogen and oxygen atoms in total. The monoisotopic (exact) mass is 311 g/mol. The number of fused-ring (bicyclic) bond motifs is 1. The van der Waals surface area contributed by atoms with E-state index in [1.54, 1.807) is 19.1 Å². The van der Waals surface area contributed by atoms with Gasteiger partial charge < -0.3 is 5.11 Å². The molecule has 1 aliphatic carbocycles. The van der Waals surface area contributed by atoms with Gasteiger partial charge in [-0.3, -0.25) is 4.79 Å². The molecule has 1 atom stereocenters. The number of hydrogen-bond acceptors (Lipinski definition) is 3. The zero-order valence-electron chi connectivity index (χ0n) is 12.1. The highest BCUT2D eigenvalue weighted by Gasteiger charge is 2.18. The number of aliphatic carboxylic acids is 1. The van der Waals surface area contributed by atoms with Crippen molar-refractivity contribution < 1.29 is 18.3 Å². The first-order valence-electron chi connectivity index (χ1n) is 7.24. The van der Waals surface area contributed by atoms with Gasteiger partial charge >= 0.3 is 5.97 Å². The number of nitrogens with one attached hydrogen (secondary N) is 1. The van der Waals surface area contributed by atoms with Gasteiger partial charge in [0.2, 0.25) is 10.0 Å². The minimum atomic E-state index is -3.56. The molecular weight excluding hydrogens is 290 g/mol. The van der Waals surface area contributed by atoms with Crippen LogP contribution in [0.4, 0.5) is 0 Å². The molecule has 0 aliphatic heterocycles. The topological polar surface area (TPSA) is 83.5 Å². The maximum atomic E-state index is 12.2. The summed E-state index contributed by atoms with van der Waals surface area (Å²) in [6.45, 7) is 1.70. The Hall–Kier alpha value is -1.40. The SMILES string of the molecule is CC(CCNS(=O)(=O)c1ccc2c(c1)CCCC2)C(=O)O. The van der Waals surface area contributed by atoms with E-state index in [0.717, 1.165) is 31.2 Å². The van der Waals surface area contributed by atoms with Crippen LogP contribution in [0.25, 0.3) is 0 Å². The van der Waals surface area contributed by atoms with Crippen LogP contribution in [-0.4, -0.2) is 26.0 Å². The highest BCUT2D eigenvalue weighted by Crippen LogP contribution is 2.24. The smallest absolute Gasteiger partial charge is 0.306 e. The summed E-state index contributed by atoms with van der Waals surface area (Å²) in [6, 6.07) is 5.27. The Labute approximate surface area is 125 Å². The molecule has 2 rings (SSSR count). The zero-order chi connectivity index (χ0) is 15.5. The van der Waals surface area contributed by atoms with Gasteiger partial charge in [-0.25, -0.2) is 13.1 Å². The zero-order valence-corrected chi connectivity index (χ0v) is 12.9. The molecule has 116 valence electrons. The first kappa shape index (κ1) is 16.0. The van der Waals surface area contributed by atoms with E-state index in [1.807, 2.05) is 6.07 Å². The molecule has 1 aromatic carbocycles. The maximum absolute atomic E-state index is 12.2. The molecule has 0 amide bonds. The molecule has 1 aromatic rings. The van der Waals surface area contributed by atoms with Crippen LogP contribution < -0.4 is 4.72 Å². The summed E-state index contributed by atoms with van der Waals surface area (Å²) in [6.07, 6.45) is 4.47. The fourth-order valence-electron chi connectivity index (χ4n) is 2.49. The van der Waals surface area contributed by atoms with Crippen molar-refractivity contribution in [3.8, 4) is 0 Å². The van der Waals surface area contributed by atoms with Gasteiger partial charge in [0.15, 0.2) is 0 Å². The van der Waals surface area contributed by atoms with E-state index in [1.165, 1.54) is 5.56 Å². The quantitative estimate of drug-likeness (QED) is 0.841. The van der Waals surface area contributed by atoms with Crippen LogP contribution in [0.2, 0.25) is 0 Å². The number of rotatable bonds is 6. The molecule has 0 bridgehead atoms. The molecule has 0 spiro atoms. The molecule has 0 saturated heterocycles. The van der Waals surface area contributed by atoms with Crippen molar-refractivity contribution in [1.29, 1.82) is 0 Å². The summed E-state index contributed by atoms with van der Waals surface area (Å²) in [4.78, 5) is 11.0. The van der Waals surface area contributed by atoms with Crippen molar-refractivity contribution in [3.05, 3.63) is 29.3 Å². The van der Waals surface area contributed by atoms with Gasteiger partial charge in [0.1, 0.15) is 0 Å². The highest BCUT2D eigenvalue weighted by molar-refractivity contribution is 7.89. The van der Waals surface area contributed by atoms with Crippen LogP contribution in [0.3, 0.4) is 0 Å². The van der Waals surface area contributed by atoms with E-state index in [4.69, 9.17) is 5.11 Å². The van der Waals surface area contributed by atoms with Gasteiger partial charge in [0.25, 0.3) is 0 Å². The Morgan fingerprint density at radius 3 is 2.62 bits per heavy atom. The number of carboxylic acid groups (broad SMARTS) is 1. The van der Waals surface area contributed by atoms with Gasteiger partial charge in [0, 0.05) is 6.54 Å². The normalized spacial score (nSPS) is 16.2. The van der Waals surface area contributed by atoms with Crippen LogP contribution in [0.1, 0.15) is 37.3 Å². The Kier molecular flexibility index (Phi) is 5.00. The van der Waals surface area contributed by atoms with Gasteiger partial charge in [0.05, 0.1) is 10.8 Å². The Balaban J connectivity index is 2.04. The van der Waals surface area contributed by atoms with Crippen LogP contribution in [-0.2, 0) is 27.7 Å². The molecule has 21 heavy (non-hydrogen) atoms. The number of benzene rings is 1. The highest BCUT2D eigenvalue weighted by atomic mass is 32.2. The lowest BCUT2D eigenvalue weighted by molar-refractivity contribution is -0.141. The van der Waals surface area contributed by atoms with E-state index in [-0.39, 0.29) is 17.9 Å². The lowest BCUT2D eigenvalue weighted by Crippen LogP contribution is -2.27. The van der Waals surface area contributed by atoms with E-state index >= 15 is 0 Å². The minimum absolute atomic E-state index is 0.132. The lowest BCUT2D eigenvalue weighted by Gasteiger charge is -2.17. The van der Waals surface area contributed by atoms with Gasteiger partial charge in [-0.05, 0) is 55.4 Å². The van der Waals surface area contributed by atoms with Crippen molar-refractivity contribution in [2.75, 3.05) is 6.54 Å². The lowest BCUT2D eigenvalue weighted by atomic mass is 9.92. The Bertz CT molecular complexity index is 625. The first-order chi connectivity index (χ1) is 9.90. The van der Waals surface area contributed by atoms with Crippen LogP contribution in [0.5, 0.6) is 0 Å². The number of carbonyl (C=O) groups is 1. The third-order valence-corrected chi connectivity index (χ3v) is 5.38. The Morgan fingerprint density at radius 1 is 1.29 bits per heavy atom. The van der Waals surface area contributed by atoms with Gasteiger partial charge in [-0.1, -0.05) is 13.0 Å². The molecular formula is C15H21NO4S. The summed E-state index contributed by atoms with van der Waals surface area (Å²) in [5.41, 5.74) is 2.35. The summed E-state index contributed by atoms with van der Waals surface area (Å²) in [5.74, 6) is -1.47. The second-order valence-electron chi connectivity index (χ2n) is 5.56. The molecule has 1 aliphatic rings.